The molecule has 28 heavy (non-hydrogen) atoms. The summed E-state index contributed by atoms with van der Waals surface area (Å²) >= 11 is 0. The van der Waals surface area contributed by atoms with Crippen molar-refractivity contribution >= 4 is 22.1 Å². The normalized spacial score (nSPS) is 10.7. The van der Waals surface area contributed by atoms with Crippen molar-refractivity contribution < 1.29 is 19.7 Å². The highest BCUT2D eigenvalue weighted by atomic mass is 16.5. The molecule has 0 saturated heterocycles. The van der Waals surface area contributed by atoms with Crippen LogP contribution in [0.4, 0.5) is 11.4 Å². The van der Waals surface area contributed by atoms with E-state index in [1.807, 2.05) is 36.4 Å². The van der Waals surface area contributed by atoms with Crippen LogP contribution in [0.2, 0.25) is 0 Å². The van der Waals surface area contributed by atoms with Crippen molar-refractivity contribution in [2.45, 2.75) is 0 Å². The topological polar surface area (TPSA) is 111 Å². The van der Waals surface area contributed by atoms with E-state index >= 15 is 0 Å². The molecule has 0 radical (unpaired) electrons. The number of ether oxygens (including phenoxy) is 2. The second-order valence-electron chi connectivity index (χ2n) is 6.32. The molecular weight excluding hydrogens is 356 g/mol. The highest BCUT2D eigenvalue weighted by Gasteiger charge is 2.06. The lowest BCUT2D eigenvalue weighted by atomic mass is 10.1. The summed E-state index contributed by atoms with van der Waals surface area (Å²) in [4.78, 5) is 0. The van der Waals surface area contributed by atoms with Gasteiger partial charge in [0.1, 0.15) is 34.5 Å². The van der Waals surface area contributed by atoms with E-state index in [-0.39, 0.29) is 11.5 Å². The number of phenols is 2. The molecular formula is C22H18N2O4. The Kier molecular flexibility index (Phi) is 4.29. The van der Waals surface area contributed by atoms with Crippen LogP contribution in [-0.2, 0) is 0 Å². The quantitative estimate of drug-likeness (QED) is 0.295. The van der Waals surface area contributed by atoms with Crippen LogP contribution < -0.4 is 20.9 Å². The van der Waals surface area contributed by atoms with E-state index in [0.717, 1.165) is 10.8 Å². The molecule has 0 fully saturated rings. The first-order valence-corrected chi connectivity index (χ1v) is 8.54. The van der Waals surface area contributed by atoms with Crippen LogP contribution in [0.3, 0.4) is 0 Å². The molecule has 4 aromatic carbocycles. The van der Waals surface area contributed by atoms with Crippen LogP contribution in [0, 0.1) is 0 Å². The lowest BCUT2D eigenvalue weighted by molar-refractivity contribution is 0.457. The largest absolute Gasteiger partial charge is 0.506 e. The zero-order valence-corrected chi connectivity index (χ0v) is 14.8. The number of nitrogens with two attached hydrogens (primary N) is 2. The Morgan fingerprint density at radius 1 is 0.500 bits per heavy atom. The van der Waals surface area contributed by atoms with E-state index in [1.54, 1.807) is 24.3 Å². The van der Waals surface area contributed by atoms with Gasteiger partial charge in [-0.15, -0.1) is 0 Å². The second-order valence-corrected chi connectivity index (χ2v) is 6.32. The first-order valence-electron chi connectivity index (χ1n) is 8.54. The third-order valence-corrected chi connectivity index (χ3v) is 4.26. The zero-order chi connectivity index (χ0) is 19.7. The van der Waals surface area contributed by atoms with Crippen molar-refractivity contribution in [3.05, 3.63) is 72.8 Å². The number of hydrogen-bond donors (Lipinski definition) is 4. The maximum absolute atomic E-state index is 9.72. The predicted octanol–water partition coefficient (Wildman–Crippen LogP) is 5.00. The van der Waals surface area contributed by atoms with Crippen molar-refractivity contribution in [3.8, 4) is 34.5 Å². The number of hydrogen-bond acceptors (Lipinski definition) is 6. The van der Waals surface area contributed by atoms with Crippen LogP contribution in [0.15, 0.2) is 72.8 Å². The zero-order valence-electron chi connectivity index (χ0n) is 14.8. The molecule has 140 valence electrons. The molecule has 6 nitrogen and oxygen atoms in total. The van der Waals surface area contributed by atoms with Gasteiger partial charge in [0.05, 0.1) is 11.4 Å². The lowest BCUT2D eigenvalue weighted by Crippen LogP contribution is -1.89. The van der Waals surface area contributed by atoms with E-state index in [9.17, 15) is 10.2 Å². The van der Waals surface area contributed by atoms with Crippen molar-refractivity contribution in [3.63, 3.8) is 0 Å². The molecule has 0 heterocycles. The minimum Gasteiger partial charge on any atom is -0.506 e. The van der Waals surface area contributed by atoms with Gasteiger partial charge in [-0.3, -0.25) is 0 Å². The highest BCUT2D eigenvalue weighted by Crippen LogP contribution is 2.33. The van der Waals surface area contributed by atoms with E-state index in [4.69, 9.17) is 20.9 Å². The molecule has 6 heteroatoms. The average Bonchev–Trinajstić information content (AvgIpc) is 2.67. The maximum Gasteiger partial charge on any atom is 0.142 e. The first kappa shape index (κ1) is 17.4. The van der Waals surface area contributed by atoms with Crippen molar-refractivity contribution in [1.82, 2.24) is 0 Å². The fourth-order valence-electron chi connectivity index (χ4n) is 2.78. The van der Waals surface area contributed by atoms with Gasteiger partial charge in [-0.25, -0.2) is 0 Å². The Morgan fingerprint density at radius 2 is 0.893 bits per heavy atom. The molecule has 0 amide bonds. The minimum atomic E-state index is -0.0271. The van der Waals surface area contributed by atoms with Gasteiger partial charge in [-0.1, -0.05) is 12.1 Å². The summed E-state index contributed by atoms with van der Waals surface area (Å²) in [7, 11) is 0. The van der Waals surface area contributed by atoms with Gasteiger partial charge in [0.2, 0.25) is 0 Å². The first-order chi connectivity index (χ1) is 13.5. The second kappa shape index (κ2) is 6.92. The van der Waals surface area contributed by atoms with Crippen LogP contribution >= 0.6 is 0 Å². The smallest absolute Gasteiger partial charge is 0.142 e. The number of phenolic OH excluding ortho intramolecular Hbond substituents is 2. The lowest BCUT2D eigenvalue weighted by Gasteiger charge is -2.10. The molecule has 0 unspecified atom stereocenters. The molecule has 0 aliphatic heterocycles. The Hall–Kier alpha value is -4.06. The predicted molar refractivity (Wildman–Crippen MR) is 109 cm³/mol. The molecule has 4 rings (SSSR count). The molecule has 0 spiro atoms. The summed E-state index contributed by atoms with van der Waals surface area (Å²) in [5.41, 5.74) is 11.8. The highest BCUT2D eigenvalue weighted by molar-refractivity contribution is 5.85. The fourth-order valence-corrected chi connectivity index (χ4v) is 2.78. The SMILES string of the molecule is Nc1ccc(Oc2ccc3ccc(Oc4ccc(N)c(O)c4)cc3c2)cc1O. The summed E-state index contributed by atoms with van der Waals surface area (Å²) in [6, 6.07) is 20.8. The van der Waals surface area contributed by atoms with Crippen molar-refractivity contribution in [2.24, 2.45) is 0 Å². The van der Waals surface area contributed by atoms with E-state index < -0.39 is 0 Å². The van der Waals surface area contributed by atoms with Gasteiger partial charge < -0.3 is 31.2 Å². The van der Waals surface area contributed by atoms with Crippen LogP contribution in [-0.4, -0.2) is 10.2 Å². The van der Waals surface area contributed by atoms with E-state index in [2.05, 4.69) is 0 Å². The molecule has 4 aromatic rings. The number of anilines is 2. The maximum atomic E-state index is 9.72. The number of rotatable bonds is 4. The summed E-state index contributed by atoms with van der Waals surface area (Å²) in [6.07, 6.45) is 0. The van der Waals surface area contributed by atoms with E-state index in [1.165, 1.54) is 12.1 Å². The third-order valence-electron chi connectivity index (χ3n) is 4.26. The van der Waals surface area contributed by atoms with Crippen LogP contribution in [0.1, 0.15) is 0 Å². The molecule has 0 aliphatic rings. The van der Waals surface area contributed by atoms with Gasteiger partial charge in [0, 0.05) is 12.1 Å². The molecule has 0 bridgehead atoms. The summed E-state index contributed by atoms with van der Waals surface area (Å²) in [5, 5.41) is 21.4. The molecule has 0 aliphatic carbocycles. The average molecular weight is 374 g/mol. The van der Waals surface area contributed by atoms with E-state index in [0.29, 0.717) is 34.4 Å². The van der Waals surface area contributed by atoms with Gasteiger partial charge in [0.25, 0.3) is 0 Å². The minimum absolute atomic E-state index is 0.0271. The Labute approximate surface area is 161 Å². The number of aromatic hydroxyl groups is 2. The Balaban J connectivity index is 1.60. The molecule has 6 N–H and O–H groups in total. The Bertz CT molecular complexity index is 1090. The monoisotopic (exact) mass is 374 g/mol. The third kappa shape index (κ3) is 3.57. The number of fused-ring (bicyclic) bond motifs is 1. The van der Waals surface area contributed by atoms with Gasteiger partial charge in [-0.2, -0.15) is 0 Å². The van der Waals surface area contributed by atoms with Crippen LogP contribution in [0.25, 0.3) is 10.8 Å². The fraction of sp³-hybridized carbons (Fsp3) is 0. The summed E-state index contributed by atoms with van der Waals surface area (Å²) in [6.45, 7) is 0. The van der Waals surface area contributed by atoms with Gasteiger partial charge in [0.15, 0.2) is 0 Å². The van der Waals surface area contributed by atoms with Crippen molar-refractivity contribution in [2.75, 3.05) is 11.5 Å². The van der Waals surface area contributed by atoms with Gasteiger partial charge >= 0.3 is 0 Å². The Morgan fingerprint density at radius 3 is 1.32 bits per heavy atom. The van der Waals surface area contributed by atoms with Gasteiger partial charge in [-0.05, 0) is 59.3 Å². The summed E-state index contributed by atoms with van der Waals surface area (Å²) in [5.74, 6) is 2.13. The summed E-state index contributed by atoms with van der Waals surface area (Å²) < 4.78 is 11.6. The van der Waals surface area contributed by atoms with Crippen molar-refractivity contribution in [1.29, 1.82) is 0 Å². The standard InChI is InChI=1S/C22H18N2O4/c23-19-7-5-17(11-21(19)25)27-15-3-1-13-2-4-16(10-14(13)9-15)28-18-6-8-20(24)22(26)12-18/h1-12,25-26H,23-24H2. The number of nitrogen functional groups attached to an aromatic ring is 2. The molecule has 0 aromatic heterocycles. The molecule has 0 atom stereocenters. The number of benzene rings is 4. The molecule has 0 saturated carbocycles. The van der Waals surface area contributed by atoms with Crippen LogP contribution in [0.5, 0.6) is 34.5 Å².